The molecule has 0 aliphatic rings. The number of primary amides is 1. The number of amides is 1. The second-order valence-electron chi connectivity index (χ2n) is 6.53. The van der Waals surface area contributed by atoms with Crippen LogP contribution in [0.25, 0.3) is 11.4 Å². The normalized spacial score (nSPS) is 11.4. The van der Waals surface area contributed by atoms with Gasteiger partial charge in [0.25, 0.3) is 0 Å². The zero-order valence-corrected chi connectivity index (χ0v) is 15.0. The molecule has 0 atom stereocenters. The average molecular weight is 372 g/mol. The summed E-state index contributed by atoms with van der Waals surface area (Å²) in [6.45, 7) is 3.55. The number of hydrogen-bond acceptors (Lipinski definition) is 4. The summed E-state index contributed by atoms with van der Waals surface area (Å²) >= 11 is 0. The largest absolute Gasteiger partial charge is 0.480 e. The zero-order valence-electron chi connectivity index (χ0n) is 15.0. The van der Waals surface area contributed by atoms with E-state index in [2.05, 4.69) is 10.2 Å². The van der Waals surface area contributed by atoms with Crippen LogP contribution in [0.15, 0.2) is 42.5 Å². The van der Waals surface area contributed by atoms with Crippen molar-refractivity contribution in [2.75, 3.05) is 0 Å². The van der Waals surface area contributed by atoms with Gasteiger partial charge >= 0.3 is 0 Å². The third-order valence-electron chi connectivity index (χ3n) is 4.09. The fraction of sp³-hybridized carbons (Fsp3) is 0.211. The minimum Gasteiger partial charge on any atom is -0.480 e. The maximum atomic E-state index is 14.4. The van der Waals surface area contributed by atoms with Crippen LogP contribution in [-0.2, 0) is 12.6 Å². The number of halogens is 2. The molecule has 140 valence electrons. The van der Waals surface area contributed by atoms with Crippen molar-refractivity contribution in [3.8, 4) is 17.1 Å². The van der Waals surface area contributed by atoms with E-state index in [1.165, 1.54) is 36.4 Å². The highest BCUT2D eigenvalue weighted by Gasteiger charge is 2.30. The van der Waals surface area contributed by atoms with Crippen LogP contribution in [0.4, 0.5) is 8.78 Å². The highest BCUT2D eigenvalue weighted by atomic mass is 19.1. The Morgan fingerprint density at radius 2 is 1.78 bits per heavy atom. The second kappa shape index (κ2) is 6.79. The molecular formula is C19H18F2N4O2. The van der Waals surface area contributed by atoms with Crippen LogP contribution in [-0.4, -0.2) is 20.7 Å². The third kappa shape index (κ3) is 3.64. The minimum absolute atomic E-state index is 0.0682. The van der Waals surface area contributed by atoms with E-state index in [-0.39, 0.29) is 22.8 Å². The van der Waals surface area contributed by atoms with Gasteiger partial charge in [-0.1, -0.05) is 0 Å². The van der Waals surface area contributed by atoms with Crippen LogP contribution in [0.1, 0.15) is 30.0 Å². The molecule has 3 aromatic rings. The standard InChI is InChI=1S/C19H18F2N4O2/c1-19(2,27-13-7-5-12(20)6-8-13)18-24-23-17(25(18)3)14-9-4-11(16(22)26)10-15(14)21/h4-10H,1-3H3,(H2,22,26). The molecule has 1 amide bonds. The molecule has 8 heteroatoms. The lowest BCUT2D eigenvalue weighted by Gasteiger charge is -2.25. The number of nitrogens with two attached hydrogens (primary N) is 1. The van der Waals surface area contributed by atoms with Gasteiger partial charge < -0.3 is 15.0 Å². The molecule has 3 rings (SSSR count). The molecule has 0 radical (unpaired) electrons. The number of nitrogens with zero attached hydrogens (tertiary/aromatic N) is 3. The number of carbonyl (C=O) groups is 1. The zero-order chi connectivity index (χ0) is 19.8. The van der Waals surface area contributed by atoms with Crippen molar-refractivity contribution < 1.29 is 18.3 Å². The van der Waals surface area contributed by atoms with Crippen molar-refractivity contribution in [1.29, 1.82) is 0 Å². The molecule has 0 spiro atoms. The molecule has 6 nitrogen and oxygen atoms in total. The van der Waals surface area contributed by atoms with E-state index in [9.17, 15) is 13.6 Å². The highest BCUT2D eigenvalue weighted by molar-refractivity contribution is 5.93. The molecule has 0 bridgehead atoms. The first-order valence-corrected chi connectivity index (χ1v) is 8.13. The molecule has 0 saturated carbocycles. The van der Waals surface area contributed by atoms with Crippen molar-refractivity contribution in [1.82, 2.24) is 14.8 Å². The van der Waals surface area contributed by atoms with Gasteiger partial charge in [-0.3, -0.25) is 4.79 Å². The predicted octanol–water partition coefficient (Wildman–Crippen LogP) is 3.17. The lowest BCUT2D eigenvalue weighted by atomic mass is 10.1. The van der Waals surface area contributed by atoms with Crippen molar-refractivity contribution in [3.63, 3.8) is 0 Å². The molecular weight excluding hydrogens is 354 g/mol. The molecule has 2 N–H and O–H groups in total. The molecule has 2 aromatic carbocycles. The van der Waals surface area contributed by atoms with Gasteiger partial charge in [0, 0.05) is 12.6 Å². The first-order valence-electron chi connectivity index (χ1n) is 8.13. The Hall–Kier alpha value is -3.29. The summed E-state index contributed by atoms with van der Waals surface area (Å²) in [5.41, 5.74) is 4.50. The summed E-state index contributed by atoms with van der Waals surface area (Å²) in [5, 5.41) is 8.19. The van der Waals surface area contributed by atoms with Gasteiger partial charge in [-0.2, -0.15) is 0 Å². The van der Waals surface area contributed by atoms with E-state index in [1.54, 1.807) is 25.5 Å². The topological polar surface area (TPSA) is 83.0 Å². The number of benzene rings is 2. The monoisotopic (exact) mass is 372 g/mol. The number of carbonyl (C=O) groups excluding carboxylic acids is 1. The Bertz CT molecular complexity index is 997. The molecule has 1 heterocycles. The summed E-state index contributed by atoms with van der Waals surface area (Å²) in [5.74, 6) is -0.535. The van der Waals surface area contributed by atoms with Gasteiger partial charge in [0.15, 0.2) is 17.2 Å². The Balaban J connectivity index is 1.94. The maximum Gasteiger partial charge on any atom is 0.248 e. The number of hydrogen-bond donors (Lipinski definition) is 1. The summed E-state index contributed by atoms with van der Waals surface area (Å²) in [6.07, 6.45) is 0. The van der Waals surface area contributed by atoms with Crippen LogP contribution in [0.5, 0.6) is 5.75 Å². The lowest BCUT2D eigenvalue weighted by molar-refractivity contribution is 0.0948. The number of ether oxygens (including phenoxy) is 1. The van der Waals surface area contributed by atoms with Crippen molar-refractivity contribution in [2.45, 2.75) is 19.4 Å². The van der Waals surface area contributed by atoms with Gasteiger partial charge in [0.2, 0.25) is 5.91 Å². The van der Waals surface area contributed by atoms with Gasteiger partial charge in [-0.15, -0.1) is 10.2 Å². The van der Waals surface area contributed by atoms with Gasteiger partial charge in [0.1, 0.15) is 17.4 Å². The summed E-state index contributed by atoms with van der Waals surface area (Å²) in [6, 6.07) is 9.53. The van der Waals surface area contributed by atoms with E-state index in [0.717, 1.165) is 6.07 Å². The van der Waals surface area contributed by atoms with Gasteiger partial charge in [-0.25, -0.2) is 8.78 Å². The van der Waals surface area contributed by atoms with Crippen molar-refractivity contribution >= 4 is 5.91 Å². The number of rotatable bonds is 5. The lowest BCUT2D eigenvalue weighted by Crippen LogP contribution is -2.29. The Labute approximate surface area is 154 Å². The first-order chi connectivity index (χ1) is 12.7. The van der Waals surface area contributed by atoms with Gasteiger partial charge in [0.05, 0.1) is 5.56 Å². The van der Waals surface area contributed by atoms with E-state index >= 15 is 0 Å². The molecule has 0 fully saturated rings. The van der Waals surface area contributed by atoms with Crippen LogP contribution in [0.3, 0.4) is 0 Å². The van der Waals surface area contributed by atoms with E-state index in [4.69, 9.17) is 10.5 Å². The molecule has 0 unspecified atom stereocenters. The molecule has 27 heavy (non-hydrogen) atoms. The molecule has 1 aromatic heterocycles. The van der Waals surface area contributed by atoms with E-state index in [0.29, 0.717) is 11.6 Å². The van der Waals surface area contributed by atoms with E-state index < -0.39 is 17.3 Å². The quantitative estimate of drug-likeness (QED) is 0.746. The molecule has 0 saturated heterocycles. The third-order valence-corrected chi connectivity index (χ3v) is 4.09. The fourth-order valence-electron chi connectivity index (χ4n) is 2.78. The van der Waals surface area contributed by atoms with Crippen molar-refractivity contribution in [2.24, 2.45) is 12.8 Å². The van der Waals surface area contributed by atoms with Crippen LogP contribution >= 0.6 is 0 Å². The van der Waals surface area contributed by atoms with E-state index in [1.807, 2.05) is 0 Å². The predicted molar refractivity (Wildman–Crippen MR) is 95.0 cm³/mol. The SMILES string of the molecule is Cn1c(-c2ccc(C(N)=O)cc2F)nnc1C(C)(C)Oc1ccc(F)cc1. The fourth-order valence-corrected chi connectivity index (χ4v) is 2.78. The van der Waals surface area contributed by atoms with Gasteiger partial charge in [-0.05, 0) is 56.3 Å². The minimum atomic E-state index is -0.915. The average Bonchev–Trinajstić information content (AvgIpc) is 2.99. The summed E-state index contributed by atoms with van der Waals surface area (Å²) < 4.78 is 35.0. The Kier molecular flexibility index (Phi) is 4.65. The highest BCUT2D eigenvalue weighted by Crippen LogP contribution is 2.29. The smallest absolute Gasteiger partial charge is 0.248 e. The van der Waals surface area contributed by atoms with Crippen LogP contribution < -0.4 is 10.5 Å². The van der Waals surface area contributed by atoms with Crippen LogP contribution in [0.2, 0.25) is 0 Å². The first kappa shape index (κ1) is 18.5. The Morgan fingerprint density at radius 1 is 1.11 bits per heavy atom. The van der Waals surface area contributed by atoms with Crippen LogP contribution in [0, 0.1) is 11.6 Å². The molecule has 0 aliphatic carbocycles. The maximum absolute atomic E-state index is 14.4. The molecule has 0 aliphatic heterocycles. The summed E-state index contributed by atoms with van der Waals surface area (Å²) in [4.78, 5) is 11.2. The number of aromatic nitrogens is 3. The Morgan fingerprint density at radius 3 is 2.37 bits per heavy atom. The van der Waals surface area contributed by atoms with Crippen molar-refractivity contribution in [3.05, 3.63) is 65.5 Å². The second-order valence-corrected chi connectivity index (χ2v) is 6.53. The summed E-state index contributed by atoms with van der Waals surface area (Å²) in [7, 11) is 1.68.